The zero-order chi connectivity index (χ0) is 52.3. The summed E-state index contributed by atoms with van der Waals surface area (Å²) < 4.78 is 0. The zero-order valence-corrected chi connectivity index (χ0v) is 45.5. The largest absolute Gasteiger partial charge is 0.311 e. The molecule has 76 heavy (non-hydrogen) atoms. The first kappa shape index (κ1) is 48.9. The Hall–Kier alpha value is -8.00. The number of rotatable bonds is 11. The van der Waals surface area contributed by atoms with E-state index in [1.807, 2.05) is 0 Å². The third-order valence-corrected chi connectivity index (χ3v) is 17.7. The van der Waals surface area contributed by atoms with E-state index in [2.05, 4.69) is 303 Å². The Morgan fingerprint density at radius 3 is 1.05 bits per heavy atom. The van der Waals surface area contributed by atoms with Crippen molar-refractivity contribution in [3.8, 4) is 66.8 Å². The molecule has 0 amide bonds. The molecule has 1 heteroatoms. The third-order valence-electron chi connectivity index (χ3n) is 17.7. The van der Waals surface area contributed by atoms with Gasteiger partial charge < -0.3 is 4.90 Å². The summed E-state index contributed by atoms with van der Waals surface area (Å²) in [6, 6.07) is 90.9. The molecule has 4 atom stereocenters. The molecule has 0 aromatic heterocycles. The Morgan fingerprint density at radius 1 is 0.329 bits per heavy atom. The van der Waals surface area contributed by atoms with Crippen molar-refractivity contribution in [3.63, 3.8) is 0 Å². The third kappa shape index (κ3) is 8.61. The van der Waals surface area contributed by atoms with Crippen LogP contribution in [0.1, 0.15) is 95.5 Å². The Bertz CT molecular complexity index is 3590. The van der Waals surface area contributed by atoms with Crippen LogP contribution in [0.3, 0.4) is 0 Å². The molecule has 0 radical (unpaired) electrons. The van der Waals surface area contributed by atoms with Crippen molar-refractivity contribution < 1.29 is 0 Å². The minimum Gasteiger partial charge on any atom is -0.311 e. The predicted octanol–water partition coefficient (Wildman–Crippen LogP) is 21.0. The highest BCUT2D eigenvalue weighted by molar-refractivity contribution is 5.97. The van der Waals surface area contributed by atoms with Gasteiger partial charge >= 0.3 is 0 Å². The number of fused-ring (bicyclic) bond motifs is 10. The molecule has 10 aromatic carbocycles. The number of benzene rings is 10. The Kier molecular flexibility index (Phi) is 12.4. The molecule has 1 spiro atoms. The van der Waals surface area contributed by atoms with Crippen LogP contribution < -0.4 is 4.90 Å². The standard InChI is InChI=1S/C75H69N/c1-50(73(3,4)5)47-68(51(2)74(6,7)8)58-29-27-56(28-30-58)59-37-45-66-64-23-15-17-25-69(64)75(71(66)48-59)70-26-18-16-24-65(70)67-46-38-60(49-72(67)75)57-35-43-63(44-36-57)76(61-39-31-54(32-40-61)52-19-11-9-12-20-52)62-41-33-55(34-42-62)53-21-13-10-14-22-53/h9-46,48-51,68H,47H2,1-8H3. The van der Waals surface area contributed by atoms with Gasteiger partial charge in [0, 0.05) is 17.1 Å². The minimum absolute atomic E-state index is 0.204. The van der Waals surface area contributed by atoms with Crippen LogP contribution in [-0.2, 0) is 5.41 Å². The van der Waals surface area contributed by atoms with Crippen LogP contribution in [-0.4, -0.2) is 0 Å². The first-order valence-electron chi connectivity index (χ1n) is 27.6. The first-order valence-corrected chi connectivity index (χ1v) is 27.6. The molecule has 12 rings (SSSR count). The van der Waals surface area contributed by atoms with Gasteiger partial charge in [-0.2, -0.15) is 0 Å². The Labute approximate surface area is 452 Å². The molecule has 2 aliphatic carbocycles. The van der Waals surface area contributed by atoms with E-state index in [0.29, 0.717) is 17.8 Å². The van der Waals surface area contributed by atoms with Crippen LogP contribution in [0.4, 0.5) is 17.1 Å². The quantitative estimate of drug-likeness (QED) is 0.125. The van der Waals surface area contributed by atoms with Gasteiger partial charge in [-0.1, -0.05) is 250 Å². The van der Waals surface area contributed by atoms with Gasteiger partial charge in [0.25, 0.3) is 0 Å². The topological polar surface area (TPSA) is 3.24 Å². The molecule has 0 N–H and O–H groups in total. The second-order valence-electron chi connectivity index (χ2n) is 24.0. The lowest BCUT2D eigenvalue weighted by molar-refractivity contribution is 0.163. The van der Waals surface area contributed by atoms with E-state index in [-0.39, 0.29) is 10.8 Å². The van der Waals surface area contributed by atoms with E-state index in [1.54, 1.807) is 0 Å². The van der Waals surface area contributed by atoms with Gasteiger partial charge in [-0.25, -0.2) is 0 Å². The van der Waals surface area contributed by atoms with Gasteiger partial charge in [-0.05, 0) is 178 Å². The van der Waals surface area contributed by atoms with Crippen LogP contribution in [0, 0.1) is 22.7 Å². The zero-order valence-electron chi connectivity index (χ0n) is 45.5. The SMILES string of the molecule is CC(CC(c1ccc(-c2ccc3c(c2)C2(c4ccccc4-3)c3ccccc3-c3ccc(-c4ccc(N(c5ccc(-c6ccccc6)cc5)c5ccc(-c6ccccc6)cc5)cc4)cc32)cc1)C(C)C(C)(C)C)C(C)(C)C. The van der Waals surface area contributed by atoms with Crippen LogP contribution in [0.2, 0.25) is 0 Å². The molecule has 10 aromatic rings. The molecule has 0 saturated heterocycles. The van der Waals surface area contributed by atoms with Crippen molar-refractivity contribution in [1.82, 2.24) is 0 Å². The summed E-state index contributed by atoms with van der Waals surface area (Å²) in [5.41, 5.74) is 25.2. The molecule has 0 fully saturated rings. The molecule has 0 aliphatic heterocycles. The summed E-state index contributed by atoms with van der Waals surface area (Å²) in [5.74, 6) is 1.61. The number of hydrogen-bond acceptors (Lipinski definition) is 1. The van der Waals surface area contributed by atoms with Crippen LogP contribution >= 0.6 is 0 Å². The number of hydrogen-bond donors (Lipinski definition) is 0. The van der Waals surface area contributed by atoms with Gasteiger partial charge in [-0.3, -0.25) is 0 Å². The van der Waals surface area contributed by atoms with Crippen molar-refractivity contribution in [1.29, 1.82) is 0 Å². The molecule has 1 nitrogen and oxygen atoms in total. The summed E-state index contributed by atoms with van der Waals surface area (Å²) in [6.07, 6.45) is 1.18. The normalized spacial score (nSPS) is 15.6. The summed E-state index contributed by atoms with van der Waals surface area (Å²) in [7, 11) is 0. The van der Waals surface area contributed by atoms with Gasteiger partial charge in [0.15, 0.2) is 0 Å². The van der Waals surface area contributed by atoms with Crippen LogP contribution in [0.5, 0.6) is 0 Å². The van der Waals surface area contributed by atoms with E-state index in [9.17, 15) is 0 Å². The average Bonchev–Trinajstić information content (AvgIpc) is 4.14. The second kappa shape index (κ2) is 19.3. The van der Waals surface area contributed by atoms with Gasteiger partial charge in [-0.15, -0.1) is 0 Å². The molecule has 4 unspecified atom stereocenters. The summed E-state index contributed by atoms with van der Waals surface area (Å²) in [6.45, 7) is 19.3. The Balaban J connectivity index is 0.932. The monoisotopic (exact) mass is 984 g/mol. The first-order chi connectivity index (χ1) is 36.8. The fourth-order valence-corrected chi connectivity index (χ4v) is 12.5. The molecule has 374 valence electrons. The lowest BCUT2D eigenvalue weighted by Crippen LogP contribution is -2.28. The van der Waals surface area contributed by atoms with Crippen molar-refractivity contribution in [2.24, 2.45) is 22.7 Å². The fraction of sp³-hybridized carbons (Fsp3) is 0.200. The highest BCUT2D eigenvalue weighted by Crippen LogP contribution is 2.63. The predicted molar refractivity (Wildman–Crippen MR) is 324 cm³/mol. The van der Waals surface area contributed by atoms with Crippen molar-refractivity contribution in [2.45, 2.75) is 73.1 Å². The average molecular weight is 984 g/mol. The molecule has 0 saturated carbocycles. The molecule has 2 aliphatic rings. The molecule has 0 bridgehead atoms. The number of anilines is 3. The van der Waals surface area contributed by atoms with E-state index in [4.69, 9.17) is 0 Å². The van der Waals surface area contributed by atoms with Gasteiger partial charge in [0.1, 0.15) is 0 Å². The molecular weight excluding hydrogens is 915 g/mol. The minimum atomic E-state index is -0.477. The summed E-state index contributed by atoms with van der Waals surface area (Å²) in [5, 5.41) is 0. The smallest absolute Gasteiger partial charge is 0.0725 e. The van der Waals surface area contributed by atoms with E-state index >= 15 is 0 Å². The highest BCUT2D eigenvalue weighted by Gasteiger charge is 2.52. The molecular formula is C75H69N. The maximum atomic E-state index is 2.53. The maximum absolute atomic E-state index is 2.53. The van der Waals surface area contributed by atoms with Gasteiger partial charge in [0.2, 0.25) is 0 Å². The van der Waals surface area contributed by atoms with Crippen molar-refractivity contribution >= 4 is 17.1 Å². The molecule has 0 heterocycles. The van der Waals surface area contributed by atoms with Crippen molar-refractivity contribution in [3.05, 3.63) is 270 Å². The van der Waals surface area contributed by atoms with E-state index in [1.165, 1.54) is 101 Å². The summed E-state index contributed by atoms with van der Waals surface area (Å²) >= 11 is 0. The number of nitrogens with zero attached hydrogens (tertiary/aromatic N) is 1. The highest BCUT2D eigenvalue weighted by atomic mass is 15.1. The van der Waals surface area contributed by atoms with Crippen LogP contribution in [0.15, 0.2) is 243 Å². The second-order valence-corrected chi connectivity index (χ2v) is 24.0. The Morgan fingerprint density at radius 2 is 0.658 bits per heavy atom. The van der Waals surface area contributed by atoms with Crippen LogP contribution in [0.25, 0.3) is 66.8 Å². The fourth-order valence-electron chi connectivity index (χ4n) is 12.5. The maximum Gasteiger partial charge on any atom is 0.0725 e. The van der Waals surface area contributed by atoms with Gasteiger partial charge in [0.05, 0.1) is 5.41 Å². The van der Waals surface area contributed by atoms with E-state index in [0.717, 1.165) is 17.1 Å². The van der Waals surface area contributed by atoms with Crippen molar-refractivity contribution in [2.75, 3.05) is 4.90 Å². The lowest BCUT2D eigenvalue weighted by atomic mass is 9.66. The lowest BCUT2D eigenvalue weighted by Gasteiger charge is -2.39. The van der Waals surface area contributed by atoms with E-state index < -0.39 is 5.41 Å². The summed E-state index contributed by atoms with van der Waals surface area (Å²) in [4.78, 5) is 2.37.